The van der Waals surface area contributed by atoms with E-state index in [0.29, 0.717) is 18.7 Å². The lowest BCUT2D eigenvalue weighted by Gasteiger charge is -2.24. The summed E-state index contributed by atoms with van der Waals surface area (Å²) in [6.07, 6.45) is 1.47. The van der Waals surface area contributed by atoms with Gasteiger partial charge >= 0.3 is 0 Å². The van der Waals surface area contributed by atoms with Crippen molar-refractivity contribution in [2.75, 3.05) is 19.0 Å². The van der Waals surface area contributed by atoms with Crippen LogP contribution in [0.1, 0.15) is 30.8 Å². The molecular formula is C20H21N3O4S2. The molecule has 0 spiro atoms. The molecule has 1 aliphatic heterocycles. The van der Waals surface area contributed by atoms with Crippen molar-refractivity contribution in [2.24, 2.45) is 0 Å². The third-order valence-corrected chi connectivity index (χ3v) is 7.94. The van der Waals surface area contributed by atoms with Gasteiger partial charge in [0.15, 0.2) is 0 Å². The second-order valence-electron chi connectivity index (χ2n) is 6.84. The summed E-state index contributed by atoms with van der Waals surface area (Å²) in [6, 6.07) is 12.1. The Morgan fingerprint density at radius 1 is 1.28 bits per heavy atom. The lowest BCUT2D eigenvalue weighted by Crippen LogP contribution is -2.31. The van der Waals surface area contributed by atoms with E-state index in [1.54, 1.807) is 12.1 Å². The number of carbonyl (C=O) groups excluding carboxylic acids is 1. The van der Waals surface area contributed by atoms with Crippen molar-refractivity contribution in [1.82, 2.24) is 9.29 Å². The number of sulfonamides is 1. The summed E-state index contributed by atoms with van der Waals surface area (Å²) in [5.41, 5.74) is 1.29. The van der Waals surface area contributed by atoms with Crippen molar-refractivity contribution < 1.29 is 17.9 Å². The monoisotopic (exact) mass is 431 g/mol. The number of aromatic nitrogens is 1. The van der Waals surface area contributed by atoms with Gasteiger partial charge in [0.05, 0.1) is 23.4 Å². The van der Waals surface area contributed by atoms with Gasteiger partial charge in [-0.3, -0.25) is 4.79 Å². The highest BCUT2D eigenvalue weighted by molar-refractivity contribution is 7.89. The molecule has 1 amide bonds. The molecule has 2 aromatic carbocycles. The number of benzene rings is 2. The van der Waals surface area contributed by atoms with Crippen molar-refractivity contribution in [3.8, 4) is 5.75 Å². The van der Waals surface area contributed by atoms with Crippen LogP contribution in [0, 0.1) is 0 Å². The van der Waals surface area contributed by atoms with Gasteiger partial charge < -0.3 is 10.1 Å². The SMILES string of the molecule is COc1ccc(NC(C)=O)cc1S(=O)(=O)N1CCC[C@H]1c1nc2ccccc2s1. The van der Waals surface area contributed by atoms with Crippen molar-refractivity contribution >= 4 is 43.2 Å². The second kappa shape index (κ2) is 7.74. The molecule has 1 saturated heterocycles. The van der Waals surface area contributed by atoms with Gasteiger partial charge in [-0.15, -0.1) is 11.3 Å². The number of rotatable bonds is 5. The van der Waals surface area contributed by atoms with Crippen LogP contribution in [-0.2, 0) is 14.8 Å². The van der Waals surface area contributed by atoms with E-state index in [-0.39, 0.29) is 22.6 Å². The minimum Gasteiger partial charge on any atom is -0.495 e. The summed E-state index contributed by atoms with van der Waals surface area (Å²) < 4.78 is 35.0. The summed E-state index contributed by atoms with van der Waals surface area (Å²) >= 11 is 1.53. The van der Waals surface area contributed by atoms with Crippen LogP contribution in [0.2, 0.25) is 0 Å². The van der Waals surface area contributed by atoms with E-state index in [0.717, 1.165) is 21.6 Å². The van der Waals surface area contributed by atoms with Gasteiger partial charge in [0, 0.05) is 19.2 Å². The summed E-state index contributed by atoms with van der Waals surface area (Å²) in [5, 5.41) is 3.43. The average Bonchev–Trinajstić information content (AvgIpc) is 3.34. The van der Waals surface area contributed by atoms with Gasteiger partial charge in [-0.05, 0) is 43.2 Å². The Bertz CT molecular complexity index is 1140. The van der Waals surface area contributed by atoms with Gasteiger partial charge in [0.1, 0.15) is 15.7 Å². The quantitative estimate of drug-likeness (QED) is 0.664. The maximum atomic E-state index is 13.6. The Morgan fingerprint density at radius 2 is 2.07 bits per heavy atom. The Kier molecular flexibility index (Phi) is 5.28. The summed E-state index contributed by atoms with van der Waals surface area (Å²) in [7, 11) is -2.42. The molecule has 29 heavy (non-hydrogen) atoms. The first-order chi connectivity index (χ1) is 13.9. The van der Waals surface area contributed by atoms with Gasteiger partial charge in [-0.25, -0.2) is 13.4 Å². The number of para-hydroxylation sites is 1. The molecule has 1 atom stereocenters. The molecule has 1 aliphatic rings. The van der Waals surface area contributed by atoms with Gasteiger partial charge in [0.25, 0.3) is 0 Å². The Morgan fingerprint density at radius 3 is 2.79 bits per heavy atom. The zero-order valence-corrected chi connectivity index (χ0v) is 17.7. The van der Waals surface area contributed by atoms with E-state index in [1.165, 1.54) is 35.7 Å². The fourth-order valence-electron chi connectivity index (χ4n) is 3.59. The fourth-order valence-corrected chi connectivity index (χ4v) is 6.62. The number of hydrogen-bond donors (Lipinski definition) is 1. The zero-order chi connectivity index (χ0) is 20.6. The number of ether oxygens (including phenoxy) is 1. The Hall–Kier alpha value is -2.49. The number of fused-ring (bicyclic) bond motifs is 1. The van der Waals surface area contributed by atoms with E-state index in [2.05, 4.69) is 10.3 Å². The minimum atomic E-state index is -3.85. The molecule has 9 heteroatoms. The van der Waals surface area contributed by atoms with E-state index in [1.807, 2.05) is 24.3 Å². The Labute approximate surface area is 173 Å². The van der Waals surface area contributed by atoms with Crippen molar-refractivity contribution in [1.29, 1.82) is 0 Å². The number of nitrogens with zero attached hydrogens (tertiary/aromatic N) is 2. The van der Waals surface area contributed by atoms with E-state index in [4.69, 9.17) is 4.74 Å². The topological polar surface area (TPSA) is 88.6 Å². The number of hydrogen-bond acceptors (Lipinski definition) is 6. The lowest BCUT2D eigenvalue weighted by molar-refractivity contribution is -0.114. The Balaban J connectivity index is 1.75. The standard InChI is InChI=1S/C20H21N3O4S2/c1-13(24)21-14-9-10-17(27-2)19(12-14)29(25,26)23-11-5-7-16(23)20-22-15-6-3-4-8-18(15)28-20/h3-4,6,8-10,12,16H,5,7,11H2,1-2H3,(H,21,24)/t16-/m0/s1. The normalized spacial score (nSPS) is 17.5. The first-order valence-electron chi connectivity index (χ1n) is 9.23. The van der Waals surface area contributed by atoms with Gasteiger partial charge in [-0.1, -0.05) is 12.1 Å². The van der Waals surface area contributed by atoms with Gasteiger partial charge in [0.2, 0.25) is 15.9 Å². The molecule has 1 fully saturated rings. The van der Waals surface area contributed by atoms with Crippen LogP contribution in [0.5, 0.6) is 5.75 Å². The van der Waals surface area contributed by atoms with Crippen molar-refractivity contribution in [2.45, 2.75) is 30.7 Å². The minimum absolute atomic E-state index is 0.0410. The fraction of sp³-hybridized carbons (Fsp3) is 0.300. The largest absolute Gasteiger partial charge is 0.495 e. The first-order valence-corrected chi connectivity index (χ1v) is 11.5. The molecule has 0 unspecified atom stereocenters. The molecule has 7 nitrogen and oxygen atoms in total. The third kappa shape index (κ3) is 3.73. The molecule has 2 heterocycles. The van der Waals surface area contributed by atoms with E-state index < -0.39 is 10.0 Å². The molecule has 0 radical (unpaired) electrons. The third-order valence-electron chi connectivity index (χ3n) is 4.87. The summed E-state index contributed by atoms with van der Waals surface area (Å²) in [6.45, 7) is 1.79. The molecule has 0 saturated carbocycles. The van der Waals surface area contributed by atoms with Gasteiger partial charge in [-0.2, -0.15) is 4.31 Å². The van der Waals surface area contributed by atoms with Crippen LogP contribution in [0.4, 0.5) is 5.69 Å². The molecule has 1 aromatic heterocycles. The van der Waals surface area contributed by atoms with E-state index >= 15 is 0 Å². The highest BCUT2D eigenvalue weighted by atomic mass is 32.2. The highest BCUT2D eigenvalue weighted by Crippen LogP contribution is 2.41. The number of carbonyl (C=O) groups is 1. The number of methoxy groups -OCH3 is 1. The maximum absolute atomic E-state index is 13.6. The average molecular weight is 432 g/mol. The zero-order valence-electron chi connectivity index (χ0n) is 16.1. The molecule has 0 aliphatic carbocycles. The predicted molar refractivity (Wildman–Crippen MR) is 113 cm³/mol. The number of anilines is 1. The highest BCUT2D eigenvalue weighted by Gasteiger charge is 2.39. The number of amides is 1. The molecule has 0 bridgehead atoms. The predicted octanol–water partition coefficient (Wildman–Crippen LogP) is 3.79. The lowest BCUT2D eigenvalue weighted by atomic mass is 10.2. The van der Waals surface area contributed by atoms with Crippen LogP contribution in [0.3, 0.4) is 0 Å². The molecular weight excluding hydrogens is 410 g/mol. The van der Waals surface area contributed by atoms with E-state index in [9.17, 15) is 13.2 Å². The second-order valence-corrected chi connectivity index (χ2v) is 9.76. The van der Waals surface area contributed by atoms with Crippen LogP contribution in [-0.4, -0.2) is 37.3 Å². The summed E-state index contributed by atoms with van der Waals surface area (Å²) in [5.74, 6) is -0.0268. The maximum Gasteiger partial charge on any atom is 0.247 e. The smallest absolute Gasteiger partial charge is 0.247 e. The number of nitrogens with one attached hydrogen (secondary N) is 1. The van der Waals surface area contributed by atoms with Crippen LogP contribution in [0.15, 0.2) is 47.4 Å². The molecule has 4 rings (SSSR count). The molecule has 3 aromatic rings. The van der Waals surface area contributed by atoms with Crippen LogP contribution < -0.4 is 10.1 Å². The van der Waals surface area contributed by atoms with Crippen LogP contribution >= 0.6 is 11.3 Å². The first kappa shape index (κ1) is 19.8. The van der Waals surface area contributed by atoms with Crippen molar-refractivity contribution in [3.63, 3.8) is 0 Å². The molecule has 1 N–H and O–H groups in total. The molecule has 152 valence electrons. The van der Waals surface area contributed by atoms with Crippen LogP contribution in [0.25, 0.3) is 10.2 Å². The number of thiazole rings is 1. The van der Waals surface area contributed by atoms with Crippen molar-refractivity contribution in [3.05, 3.63) is 47.5 Å². The summed E-state index contributed by atoms with van der Waals surface area (Å²) in [4.78, 5) is 16.1.